The molecule has 1 aromatic heterocycles. The molecule has 2 aromatic rings. The number of esters is 1. The summed E-state index contributed by atoms with van der Waals surface area (Å²) in [5.41, 5.74) is 6.00. The van der Waals surface area contributed by atoms with Gasteiger partial charge < -0.3 is 10.5 Å². The van der Waals surface area contributed by atoms with Crippen molar-refractivity contribution in [2.75, 3.05) is 12.3 Å². The van der Waals surface area contributed by atoms with Crippen LogP contribution in [-0.4, -0.2) is 22.1 Å². The second-order valence-electron chi connectivity index (χ2n) is 4.24. The summed E-state index contributed by atoms with van der Waals surface area (Å²) in [6, 6.07) is 4.30. The van der Waals surface area contributed by atoms with Crippen LogP contribution in [0, 0.1) is 5.82 Å². The lowest BCUT2D eigenvalue weighted by Crippen LogP contribution is -2.10. The standard InChI is InChI=1S/C14H15ClFN3O2/c1-3-10-18-11(14(20)21-4-2)13(17)19(10)12-8(15)6-5-7-9(12)16/h5-7H,3-4,17H2,1-2H3. The van der Waals surface area contributed by atoms with Crippen molar-refractivity contribution in [1.82, 2.24) is 9.55 Å². The fourth-order valence-electron chi connectivity index (χ4n) is 2.02. The van der Waals surface area contributed by atoms with Crippen LogP contribution in [0.1, 0.15) is 30.2 Å². The average molecular weight is 312 g/mol. The van der Waals surface area contributed by atoms with Crippen molar-refractivity contribution in [3.05, 3.63) is 40.6 Å². The van der Waals surface area contributed by atoms with Crippen LogP contribution in [0.25, 0.3) is 5.69 Å². The molecule has 21 heavy (non-hydrogen) atoms. The van der Waals surface area contributed by atoms with Gasteiger partial charge in [-0.2, -0.15) is 0 Å². The first-order valence-electron chi connectivity index (χ1n) is 6.49. The van der Waals surface area contributed by atoms with Gasteiger partial charge in [0.25, 0.3) is 0 Å². The van der Waals surface area contributed by atoms with Gasteiger partial charge in [-0.15, -0.1) is 0 Å². The number of carbonyl (C=O) groups is 1. The number of benzene rings is 1. The van der Waals surface area contributed by atoms with Gasteiger partial charge in [0.2, 0.25) is 0 Å². The number of ether oxygens (including phenoxy) is 1. The molecule has 112 valence electrons. The molecule has 0 saturated carbocycles. The molecule has 7 heteroatoms. The zero-order chi connectivity index (χ0) is 15.6. The second-order valence-corrected chi connectivity index (χ2v) is 4.65. The lowest BCUT2D eigenvalue weighted by molar-refractivity contribution is 0.0521. The summed E-state index contributed by atoms with van der Waals surface area (Å²) in [5.74, 6) is -0.743. The third-order valence-electron chi connectivity index (χ3n) is 2.93. The number of nitrogens with two attached hydrogens (primary N) is 1. The van der Waals surface area contributed by atoms with Crippen molar-refractivity contribution in [3.63, 3.8) is 0 Å². The van der Waals surface area contributed by atoms with E-state index in [0.29, 0.717) is 12.2 Å². The minimum atomic E-state index is -0.643. The van der Waals surface area contributed by atoms with E-state index in [2.05, 4.69) is 4.98 Å². The maximum Gasteiger partial charge on any atom is 0.360 e. The number of hydrogen-bond donors (Lipinski definition) is 1. The van der Waals surface area contributed by atoms with E-state index >= 15 is 0 Å². The van der Waals surface area contributed by atoms with E-state index < -0.39 is 11.8 Å². The van der Waals surface area contributed by atoms with Gasteiger partial charge in [-0.05, 0) is 19.1 Å². The quantitative estimate of drug-likeness (QED) is 0.881. The third-order valence-corrected chi connectivity index (χ3v) is 3.23. The highest BCUT2D eigenvalue weighted by atomic mass is 35.5. The molecule has 0 amide bonds. The first-order valence-corrected chi connectivity index (χ1v) is 6.87. The summed E-state index contributed by atoms with van der Waals surface area (Å²) in [5, 5.41) is 0.184. The zero-order valence-electron chi connectivity index (χ0n) is 11.7. The van der Waals surface area contributed by atoms with Crippen molar-refractivity contribution in [3.8, 4) is 5.69 Å². The SMILES string of the molecule is CCOC(=O)c1nc(CC)n(-c2c(F)cccc2Cl)c1N. The van der Waals surface area contributed by atoms with Gasteiger partial charge in [-0.1, -0.05) is 24.6 Å². The van der Waals surface area contributed by atoms with Crippen molar-refractivity contribution in [1.29, 1.82) is 0 Å². The topological polar surface area (TPSA) is 70.1 Å². The minimum Gasteiger partial charge on any atom is -0.461 e. The normalized spacial score (nSPS) is 10.7. The highest BCUT2D eigenvalue weighted by Crippen LogP contribution is 2.29. The molecule has 2 N–H and O–H groups in total. The fourth-order valence-corrected chi connectivity index (χ4v) is 2.27. The summed E-state index contributed by atoms with van der Waals surface area (Å²) < 4.78 is 20.3. The predicted molar refractivity (Wildman–Crippen MR) is 78.3 cm³/mol. The zero-order valence-corrected chi connectivity index (χ0v) is 12.4. The monoisotopic (exact) mass is 311 g/mol. The van der Waals surface area contributed by atoms with Gasteiger partial charge in [-0.25, -0.2) is 14.2 Å². The van der Waals surface area contributed by atoms with Gasteiger partial charge in [0.05, 0.1) is 11.6 Å². The molecule has 0 unspecified atom stereocenters. The summed E-state index contributed by atoms with van der Waals surface area (Å²) in [7, 11) is 0. The Bertz CT molecular complexity index is 665. The molecule has 1 aromatic carbocycles. The number of aryl methyl sites for hydroxylation is 1. The number of nitrogens with zero attached hydrogens (tertiary/aromatic N) is 2. The molecule has 0 saturated heterocycles. The van der Waals surface area contributed by atoms with Crippen LogP contribution in [0.3, 0.4) is 0 Å². The third kappa shape index (κ3) is 2.71. The van der Waals surface area contributed by atoms with Crippen LogP contribution in [0.15, 0.2) is 18.2 Å². The van der Waals surface area contributed by atoms with Gasteiger partial charge in [0.1, 0.15) is 23.1 Å². The van der Waals surface area contributed by atoms with Crippen molar-refractivity contribution in [2.24, 2.45) is 0 Å². The first-order chi connectivity index (χ1) is 10.0. The van der Waals surface area contributed by atoms with E-state index in [-0.39, 0.29) is 28.8 Å². The smallest absolute Gasteiger partial charge is 0.360 e. The molecular formula is C14H15ClFN3O2. The lowest BCUT2D eigenvalue weighted by Gasteiger charge is -2.11. The van der Waals surface area contributed by atoms with E-state index in [1.807, 2.05) is 6.92 Å². The molecule has 0 fully saturated rings. The Kier molecular flexibility index (Phi) is 4.47. The van der Waals surface area contributed by atoms with Crippen molar-refractivity contribution >= 4 is 23.4 Å². The average Bonchev–Trinajstić information content (AvgIpc) is 2.76. The van der Waals surface area contributed by atoms with E-state index in [0.717, 1.165) is 0 Å². The molecule has 0 atom stereocenters. The Morgan fingerprint density at radius 1 is 1.48 bits per heavy atom. The van der Waals surface area contributed by atoms with Crippen molar-refractivity contribution in [2.45, 2.75) is 20.3 Å². The number of anilines is 1. The summed E-state index contributed by atoms with van der Waals surface area (Å²) in [6.07, 6.45) is 0.453. The van der Waals surface area contributed by atoms with Crippen LogP contribution >= 0.6 is 11.6 Å². The maximum absolute atomic E-state index is 14.1. The first kappa shape index (κ1) is 15.3. The number of hydrogen-bond acceptors (Lipinski definition) is 4. The maximum atomic E-state index is 14.1. The molecule has 0 aliphatic heterocycles. The Balaban J connectivity index is 2.66. The van der Waals surface area contributed by atoms with E-state index in [9.17, 15) is 9.18 Å². The van der Waals surface area contributed by atoms with E-state index in [1.165, 1.54) is 16.7 Å². The van der Waals surface area contributed by atoms with Crippen LogP contribution in [-0.2, 0) is 11.2 Å². The number of rotatable bonds is 4. The number of halogens is 2. The molecule has 2 rings (SSSR count). The Morgan fingerprint density at radius 3 is 2.76 bits per heavy atom. The van der Waals surface area contributed by atoms with Crippen LogP contribution in [0.5, 0.6) is 0 Å². The predicted octanol–water partition coefficient (Wildman–Crippen LogP) is 2.99. The van der Waals surface area contributed by atoms with Gasteiger partial charge in [0.15, 0.2) is 5.69 Å². The molecule has 0 aliphatic carbocycles. The Labute approximate surface area is 126 Å². The summed E-state index contributed by atoms with van der Waals surface area (Å²) in [4.78, 5) is 16.0. The number of nitrogen functional groups attached to an aromatic ring is 1. The highest BCUT2D eigenvalue weighted by Gasteiger charge is 2.24. The molecule has 1 heterocycles. The molecule has 5 nitrogen and oxygen atoms in total. The number of imidazole rings is 1. The highest BCUT2D eigenvalue weighted by molar-refractivity contribution is 6.32. The largest absolute Gasteiger partial charge is 0.461 e. The van der Waals surface area contributed by atoms with Crippen LogP contribution in [0.4, 0.5) is 10.2 Å². The van der Waals surface area contributed by atoms with Gasteiger partial charge >= 0.3 is 5.97 Å². The number of carbonyl (C=O) groups excluding carboxylic acids is 1. The summed E-state index contributed by atoms with van der Waals surface area (Å²) in [6.45, 7) is 3.70. The van der Waals surface area contributed by atoms with Gasteiger partial charge in [0, 0.05) is 6.42 Å². The van der Waals surface area contributed by atoms with E-state index in [4.69, 9.17) is 22.1 Å². The molecule has 0 aliphatic rings. The minimum absolute atomic E-state index is 0.0114. The van der Waals surface area contributed by atoms with Crippen molar-refractivity contribution < 1.29 is 13.9 Å². The Morgan fingerprint density at radius 2 is 2.19 bits per heavy atom. The second kappa shape index (κ2) is 6.13. The number of para-hydroxylation sites is 1. The van der Waals surface area contributed by atoms with Crippen LogP contribution in [0.2, 0.25) is 5.02 Å². The molecule has 0 radical (unpaired) electrons. The van der Waals surface area contributed by atoms with Crippen LogP contribution < -0.4 is 5.73 Å². The Hall–Kier alpha value is -2.08. The van der Waals surface area contributed by atoms with Gasteiger partial charge in [-0.3, -0.25) is 4.57 Å². The van der Waals surface area contributed by atoms with E-state index in [1.54, 1.807) is 13.0 Å². The number of aromatic nitrogens is 2. The molecule has 0 spiro atoms. The lowest BCUT2D eigenvalue weighted by atomic mass is 10.3. The summed E-state index contributed by atoms with van der Waals surface area (Å²) >= 11 is 6.05. The molecular weight excluding hydrogens is 297 g/mol. The fraction of sp³-hybridized carbons (Fsp3) is 0.286. The molecule has 0 bridgehead atoms.